The quantitative estimate of drug-likeness (QED) is 0.124. The molecule has 0 aliphatic heterocycles. The second kappa shape index (κ2) is 17.6. The third-order valence-corrected chi connectivity index (χ3v) is 5.94. The highest BCUT2D eigenvalue weighted by molar-refractivity contribution is 5.99. The highest BCUT2D eigenvalue weighted by atomic mass is 16.5. The summed E-state index contributed by atoms with van der Waals surface area (Å²) in [5.74, 6) is 6.64. The third-order valence-electron chi connectivity index (χ3n) is 5.94. The summed E-state index contributed by atoms with van der Waals surface area (Å²) in [5.41, 5.74) is 2.52. The molecule has 1 heterocycles. The first kappa shape index (κ1) is 30.5. The normalized spacial score (nSPS) is 11.3. The molecule has 0 bridgehead atoms. The molecule has 0 aliphatic rings. The molecule has 2 amide bonds. The van der Waals surface area contributed by atoms with Crippen molar-refractivity contribution in [2.24, 2.45) is 0 Å². The molecule has 6 N–H and O–H groups in total. The summed E-state index contributed by atoms with van der Waals surface area (Å²) in [4.78, 5) is 19.9. The van der Waals surface area contributed by atoms with Gasteiger partial charge in [0.1, 0.15) is 17.9 Å². The lowest BCUT2D eigenvalue weighted by atomic mass is 10.1. The lowest BCUT2D eigenvalue weighted by molar-refractivity contribution is 0.135. The van der Waals surface area contributed by atoms with Crippen molar-refractivity contribution in [3.05, 3.63) is 77.7 Å². The first-order valence-corrected chi connectivity index (χ1v) is 13.4. The van der Waals surface area contributed by atoms with E-state index >= 15 is 0 Å². The molecular formula is C30H37N5O5. The van der Waals surface area contributed by atoms with Crippen LogP contribution >= 0.6 is 0 Å². The van der Waals surface area contributed by atoms with Crippen LogP contribution in [0, 0.1) is 11.8 Å². The zero-order valence-corrected chi connectivity index (χ0v) is 22.5. The van der Waals surface area contributed by atoms with Gasteiger partial charge >= 0.3 is 6.03 Å². The second-order valence-corrected chi connectivity index (χ2v) is 9.10. The van der Waals surface area contributed by atoms with Crippen molar-refractivity contribution in [3.63, 3.8) is 0 Å². The number of nitrogens with zero attached hydrogens (tertiary/aromatic N) is 2. The van der Waals surface area contributed by atoms with Crippen molar-refractivity contribution in [3.8, 4) is 17.6 Å². The van der Waals surface area contributed by atoms with Crippen molar-refractivity contribution in [1.82, 2.24) is 15.3 Å². The van der Waals surface area contributed by atoms with Crippen LogP contribution in [0.15, 0.2) is 61.1 Å². The number of benzene rings is 2. The molecule has 3 rings (SSSR count). The van der Waals surface area contributed by atoms with Crippen LogP contribution in [-0.4, -0.2) is 57.6 Å². The Balaban J connectivity index is 1.19. The van der Waals surface area contributed by atoms with Gasteiger partial charge < -0.3 is 30.7 Å². The molecule has 0 saturated carbocycles. The van der Waals surface area contributed by atoms with E-state index in [0.29, 0.717) is 48.8 Å². The molecular weight excluding hydrogens is 510 g/mol. The number of carbonyl (C=O) groups is 1. The number of aliphatic hydroxyl groups excluding tert-OH is 2. The minimum atomic E-state index is -0.690. The Labute approximate surface area is 234 Å². The third kappa shape index (κ3) is 11.4. The minimum Gasteiger partial charge on any atom is -0.508 e. The number of unbranched alkanes of at least 4 members (excludes halogenated alkanes) is 3. The Morgan fingerprint density at radius 3 is 2.73 bits per heavy atom. The number of ether oxygens (including phenoxy) is 1. The lowest BCUT2D eigenvalue weighted by Gasteiger charge is -2.14. The largest absolute Gasteiger partial charge is 0.508 e. The molecule has 0 fully saturated rings. The van der Waals surface area contributed by atoms with Gasteiger partial charge in [-0.1, -0.05) is 36.8 Å². The molecule has 0 spiro atoms. The molecule has 0 aliphatic carbocycles. The summed E-state index contributed by atoms with van der Waals surface area (Å²) in [7, 11) is 0. The number of aromatic nitrogens is 2. The fourth-order valence-corrected chi connectivity index (χ4v) is 3.81. The number of urea groups is 1. The molecule has 10 nitrogen and oxygen atoms in total. The van der Waals surface area contributed by atoms with Crippen LogP contribution in [0.1, 0.15) is 54.9 Å². The number of aromatic hydroxyl groups is 1. The van der Waals surface area contributed by atoms with Gasteiger partial charge in [-0.15, -0.1) is 0 Å². The Bertz CT molecular complexity index is 1250. The molecule has 1 aromatic heterocycles. The van der Waals surface area contributed by atoms with E-state index in [9.17, 15) is 20.1 Å². The fourth-order valence-electron chi connectivity index (χ4n) is 3.81. The maximum atomic E-state index is 12.1. The van der Waals surface area contributed by atoms with Crippen molar-refractivity contribution >= 4 is 17.5 Å². The smallest absolute Gasteiger partial charge is 0.324 e. The summed E-state index contributed by atoms with van der Waals surface area (Å²) in [5, 5.41) is 37.8. The van der Waals surface area contributed by atoms with Crippen LogP contribution in [0.5, 0.6) is 5.75 Å². The first-order chi connectivity index (χ1) is 19.5. The van der Waals surface area contributed by atoms with Crippen LogP contribution in [-0.2, 0) is 11.3 Å². The van der Waals surface area contributed by atoms with E-state index in [4.69, 9.17) is 4.74 Å². The Kier molecular flexibility index (Phi) is 13.4. The number of nitrogens with one attached hydrogen (secondary N) is 3. The maximum absolute atomic E-state index is 12.1. The zero-order chi connectivity index (χ0) is 28.4. The van der Waals surface area contributed by atoms with Gasteiger partial charge in [0.25, 0.3) is 0 Å². The molecule has 212 valence electrons. The topological polar surface area (TPSA) is 149 Å². The highest BCUT2D eigenvalue weighted by Gasteiger charge is 2.10. The van der Waals surface area contributed by atoms with E-state index in [0.717, 1.165) is 37.8 Å². The Morgan fingerprint density at radius 2 is 1.90 bits per heavy atom. The van der Waals surface area contributed by atoms with E-state index in [-0.39, 0.29) is 12.4 Å². The first-order valence-electron chi connectivity index (χ1n) is 13.4. The zero-order valence-electron chi connectivity index (χ0n) is 22.5. The van der Waals surface area contributed by atoms with Crippen molar-refractivity contribution < 1.29 is 24.9 Å². The molecule has 2 aromatic carbocycles. The Morgan fingerprint density at radius 1 is 1.02 bits per heavy atom. The number of rotatable bonds is 15. The van der Waals surface area contributed by atoms with Gasteiger partial charge in [0.05, 0.1) is 19.3 Å². The average molecular weight is 548 g/mol. The molecule has 40 heavy (non-hydrogen) atoms. The number of aliphatic hydroxyl groups is 2. The molecule has 0 unspecified atom stereocenters. The highest BCUT2D eigenvalue weighted by Crippen LogP contribution is 2.22. The van der Waals surface area contributed by atoms with Gasteiger partial charge in [-0.05, 0) is 61.3 Å². The number of carbonyl (C=O) groups excluding carboxylic acids is 1. The molecule has 0 radical (unpaired) electrons. The molecule has 10 heteroatoms. The number of anilines is 2. The number of phenols is 1. The predicted molar refractivity (Wildman–Crippen MR) is 154 cm³/mol. The maximum Gasteiger partial charge on any atom is 0.324 e. The van der Waals surface area contributed by atoms with Crippen LogP contribution < -0.4 is 16.0 Å². The van der Waals surface area contributed by atoms with Crippen LogP contribution in [0.3, 0.4) is 0 Å². The van der Waals surface area contributed by atoms with Gasteiger partial charge in [0.15, 0.2) is 0 Å². The average Bonchev–Trinajstić information content (AvgIpc) is 2.96. The second-order valence-electron chi connectivity index (χ2n) is 9.10. The van der Waals surface area contributed by atoms with Gasteiger partial charge in [-0.3, -0.25) is 5.32 Å². The summed E-state index contributed by atoms with van der Waals surface area (Å²) in [6, 6.07) is 13.3. The summed E-state index contributed by atoms with van der Waals surface area (Å²) < 4.78 is 5.68. The van der Waals surface area contributed by atoms with Gasteiger partial charge in [-0.2, -0.15) is 0 Å². The molecule has 0 saturated heterocycles. The number of hydrogen-bond donors (Lipinski definition) is 6. The van der Waals surface area contributed by atoms with Gasteiger partial charge in [-0.25, -0.2) is 14.8 Å². The summed E-state index contributed by atoms with van der Waals surface area (Å²) in [6.45, 7) is 2.23. The minimum absolute atomic E-state index is 0.0300. The van der Waals surface area contributed by atoms with E-state index in [1.54, 1.807) is 30.5 Å². The van der Waals surface area contributed by atoms with Gasteiger partial charge in [0.2, 0.25) is 0 Å². The fraction of sp³-hybridized carbons (Fsp3) is 0.367. The summed E-state index contributed by atoms with van der Waals surface area (Å²) >= 11 is 0. The molecule has 1 atom stereocenters. The molecule has 3 aromatic rings. The van der Waals surface area contributed by atoms with E-state index < -0.39 is 12.1 Å². The monoisotopic (exact) mass is 547 g/mol. The van der Waals surface area contributed by atoms with Crippen LogP contribution in [0.2, 0.25) is 0 Å². The lowest BCUT2D eigenvalue weighted by Crippen LogP contribution is -2.22. The summed E-state index contributed by atoms with van der Waals surface area (Å²) in [6.07, 6.45) is 6.98. The number of hydrogen-bond acceptors (Lipinski definition) is 8. The predicted octanol–water partition coefficient (Wildman–Crippen LogP) is 3.96. The van der Waals surface area contributed by atoms with Crippen LogP contribution in [0.4, 0.5) is 16.3 Å². The van der Waals surface area contributed by atoms with E-state index in [1.165, 1.54) is 12.4 Å². The van der Waals surface area contributed by atoms with Crippen molar-refractivity contribution in [2.45, 2.75) is 44.8 Å². The van der Waals surface area contributed by atoms with E-state index in [2.05, 4.69) is 37.8 Å². The van der Waals surface area contributed by atoms with Crippen LogP contribution in [0.25, 0.3) is 0 Å². The Hall–Kier alpha value is -4.01. The van der Waals surface area contributed by atoms with Gasteiger partial charge in [0, 0.05) is 42.6 Å². The number of amides is 2. The SMILES string of the molecule is O=C(Nc1cccc(C#CCCOCCCCCCNC[C@@H](O)c2ccc(O)c(CO)c2)c1)Nc1ccncn1. The van der Waals surface area contributed by atoms with Crippen molar-refractivity contribution in [1.29, 1.82) is 0 Å². The van der Waals surface area contributed by atoms with E-state index in [1.807, 2.05) is 18.2 Å². The standard InChI is InChI=1S/C30H37N5O5/c36-21-25-19-24(11-12-27(25)37)28(38)20-31-14-4-1-2-5-16-40-17-6-3-8-23-9-7-10-26(18-23)34-30(39)35-29-13-15-32-22-33-29/h7,9-13,15,18-19,22,28,31,36-38H,1-2,4-6,14,16-17,20-21H2,(H2,32,33,34,35,39)/t28-/m1/s1. The van der Waals surface area contributed by atoms with Crippen molar-refractivity contribution in [2.75, 3.05) is 36.9 Å².